The third-order valence-electron chi connectivity index (χ3n) is 4.06. The van der Waals surface area contributed by atoms with Crippen LogP contribution in [-0.4, -0.2) is 24.9 Å². The zero-order chi connectivity index (χ0) is 13.9. The van der Waals surface area contributed by atoms with Crippen LogP contribution in [0.4, 0.5) is 0 Å². The van der Waals surface area contributed by atoms with E-state index in [2.05, 4.69) is 39.0 Å². The van der Waals surface area contributed by atoms with E-state index in [1.54, 1.807) is 0 Å². The highest BCUT2D eigenvalue weighted by Gasteiger charge is 2.25. The monoisotopic (exact) mass is 263 g/mol. The largest absolute Gasteiger partial charge is 0.487 e. The lowest BCUT2D eigenvalue weighted by atomic mass is 9.96. The molecule has 1 aliphatic rings. The van der Waals surface area contributed by atoms with Gasteiger partial charge in [0, 0.05) is 12.0 Å². The Morgan fingerprint density at radius 2 is 2.11 bits per heavy atom. The molecule has 0 bridgehead atoms. The number of hydrogen-bond acceptors (Lipinski definition) is 3. The minimum absolute atomic E-state index is 0.134. The van der Waals surface area contributed by atoms with Crippen molar-refractivity contribution >= 4 is 0 Å². The van der Waals surface area contributed by atoms with E-state index >= 15 is 0 Å². The topological polar surface area (TPSA) is 44.5 Å². The Hall–Kier alpha value is -1.06. The van der Waals surface area contributed by atoms with E-state index in [0.717, 1.165) is 25.0 Å². The molecule has 3 nitrogen and oxygen atoms in total. The van der Waals surface area contributed by atoms with Gasteiger partial charge < -0.3 is 15.2 Å². The van der Waals surface area contributed by atoms with Gasteiger partial charge >= 0.3 is 0 Å². The Bertz CT molecular complexity index is 427. The van der Waals surface area contributed by atoms with E-state index in [1.807, 2.05) is 0 Å². The van der Waals surface area contributed by atoms with Crippen LogP contribution in [0.2, 0.25) is 0 Å². The molecule has 1 aromatic carbocycles. The summed E-state index contributed by atoms with van der Waals surface area (Å²) in [4.78, 5) is 0. The summed E-state index contributed by atoms with van der Waals surface area (Å²) in [5.74, 6) is 1.00. The number of benzene rings is 1. The molecule has 1 atom stereocenters. The Labute approximate surface area is 116 Å². The van der Waals surface area contributed by atoms with Crippen molar-refractivity contribution in [3.05, 3.63) is 29.3 Å². The highest BCUT2D eigenvalue weighted by molar-refractivity contribution is 5.40. The Morgan fingerprint density at radius 1 is 1.37 bits per heavy atom. The normalized spacial score (nSPS) is 18.2. The van der Waals surface area contributed by atoms with Gasteiger partial charge in [0.05, 0.1) is 13.2 Å². The minimum Gasteiger partial charge on any atom is -0.487 e. The number of aryl methyl sites for hydroxylation is 1. The average molecular weight is 263 g/mol. The molecule has 2 N–H and O–H groups in total. The molecule has 1 unspecified atom stereocenters. The van der Waals surface area contributed by atoms with E-state index in [9.17, 15) is 0 Å². The summed E-state index contributed by atoms with van der Waals surface area (Å²) >= 11 is 0. The highest BCUT2D eigenvalue weighted by atomic mass is 16.5. The summed E-state index contributed by atoms with van der Waals surface area (Å²) in [5, 5.41) is 0. The summed E-state index contributed by atoms with van der Waals surface area (Å²) < 4.78 is 11.7. The third kappa shape index (κ3) is 3.48. The van der Waals surface area contributed by atoms with Gasteiger partial charge in [0.2, 0.25) is 0 Å². The number of nitrogens with two attached hydrogens (primary N) is 1. The lowest BCUT2D eigenvalue weighted by Gasteiger charge is -2.26. The van der Waals surface area contributed by atoms with Crippen molar-refractivity contribution in [2.24, 2.45) is 5.73 Å². The molecule has 0 saturated carbocycles. The van der Waals surface area contributed by atoms with Gasteiger partial charge in [0.1, 0.15) is 11.9 Å². The van der Waals surface area contributed by atoms with Gasteiger partial charge in [0.25, 0.3) is 0 Å². The predicted octanol–water partition coefficient (Wildman–Crippen LogP) is 2.83. The van der Waals surface area contributed by atoms with Gasteiger partial charge in [-0.2, -0.15) is 0 Å². The lowest BCUT2D eigenvalue weighted by Crippen LogP contribution is -2.44. The molecule has 0 saturated heterocycles. The molecule has 1 aromatic rings. The van der Waals surface area contributed by atoms with Crippen LogP contribution in [0.5, 0.6) is 5.75 Å². The molecule has 0 radical (unpaired) electrons. The van der Waals surface area contributed by atoms with Crippen LogP contribution in [0.25, 0.3) is 0 Å². The number of ether oxygens (including phenoxy) is 2. The maximum Gasteiger partial charge on any atom is 0.126 e. The van der Waals surface area contributed by atoms with Crippen LogP contribution in [0.1, 0.15) is 37.8 Å². The zero-order valence-corrected chi connectivity index (χ0v) is 12.2. The smallest absolute Gasteiger partial charge is 0.126 e. The fraction of sp³-hybridized carbons (Fsp3) is 0.625. The number of rotatable bonds is 6. The van der Waals surface area contributed by atoms with E-state index in [1.165, 1.54) is 11.1 Å². The van der Waals surface area contributed by atoms with E-state index in [0.29, 0.717) is 13.2 Å². The van der Waals surface area contributed by atoms with Crippen LogP contribution in [0.15, 0.2) is 18.2 Å². The Balaban J connectivity index is 1.81. The van der Waals surface area contributed by atoms with Gasteiger partial charge in [-0.3, -0.25) is 0 Å². The first-order valence-corrected chi connectivity index (χ1v) is 7.19. The summed E-state index contributed by atoms with van der Waals surface area (Å²) in [6.07, 6.45) is 2.95. The molecule has 1 heterocycles. The molecule has 0 spiro atoms. The van der Waals surface area contributed by atoms with Crippen molar-refractivity contribution in [3.8, 4) is 5.75 Å². The molecule has 0 fully saturated rings. The summed E-state index contributed by atoms with van der Waals surface area (Å²) in [7, 11) is 0. The molecule has 106 valence electrons. The summed E-state index contributed by atoms with van der Waals surface area (Å²) in [6.45, 7) is 7.55. The SMILES string of the molecule is CCC(N)(CC)COCC1Cc2cc(C)ccc2O1. The van der Waals surface area contributed by atoms with Crippen molar-refractivity contribution < 1.29 is 9.47 Å². The van der Waals surface area contributed by atoms with Gasteiger partial charge in [-0.15, -0.1) is 0 Å². The molecular weight excluding hydrogens is 238 g/mol. The molecule has 19 heavy (non-hydrogen) atoms. The molecular formula is C16H25NO2. The fourth-order valence-electron chi connectivity index (χ4n) is 2.39. The first-order chi connectivity index (χ1) is 9.06. The number of fused-ring (bicyclic) bond motifs is 1. The molecule has 0 aromatic heterocycles. The number of hydrogen-bond donors (Lipinski definition) is 1. The second kappa shape index (κ2) is 5.93. The third-order valence-corrected chi connectivity index (χ3v) is 4.06. The molecule has 0 amide bonds. The van der Waals surface area contributed by atoms with Gasteiger partial charge in [-0.05, 0) is 31.4 Å². The molecule has 3 heteroatoms. The van der Waals surface area contributed by atoms with Gasteiger partial charge in [-0.1, -0.05) is 31.5 Å². The zero-order valence-electron chi connectivity index (χ0n) is 12.2. The molecule has 1 aliphatic heterocycles. The minimum atomic E-state index is -0.192. The van der Waals surface area contributed by atoms with Gasteiger partial charge in [0.15, 0.2) is 0 Å². The maximum absolute atomic E-state index is 6.22. The van der Waals surface area contributed by atoms with Crippen molar-refractivity contribution in [3.63, 3.8) is 0 Å². The average Bonchev–Trinajstić information content (AvgIpc) is 2.80. The van der Waals surface area contributed by atoms with Crippen molar-refractivity contribution in [2.45, 2.75) is 51.7 Å². The second-order valence-electron chi connectivity index (χ2n) is 5.64. The quantitative estimate of drug-likeness (QED) is 0.858. The van der Waals surface area contributed by atoms with Gasteiger partial charge in [-0.25, -0.2) is 0 Å². The Morgan fingerprint density at radius 3 is 2.79 bits per heavy atom. The highest BCUT2D eigenvalue weighted by Crippen LogP contribution is 2.29. The molecule has 2 rings (SSSR count). The van der Waals surface area contributed by atoms with Crippen LogP contribution in [0.3, 0.4) is 0 Å². The van der Waals surface area contributed by atoms with Crippen molar-refractivity contribution in [2.75, 3.05) is 13.2 Å². The maximum atomic E-state index is 6.22. The first kappa shape index (κ1) is 14.4. The van der Waals surface area contributed by atoms with Crippen molar-refractivity contribution in [1.29, 1.82) is 0 Å². The van der Waals surface area contributed by atoms with Crippen LogP contribution < -0.4 is 10.5 Å². The second-order valence-corrected chi connectivity index (χ2v) is 5.64. The van der Waals surface area contributed by atoms with E-state index in [-0.39, 0.29) is 11.6 Å². The first-order valence-electron chi connectivity index (χ1n) is 7.19. The molecule has 0 aliphatic carbocycles. The standard InChI is InChI=1S/C16H25NO2/c1-4-16(17,5-2)11-18-10-14-9-13-8-12(3)6-7-15(13)19-14/h6-8,14H,4-5,9-11,17H2,1-3H3. The van der Waals surface area contributed by atoms with E-state index < -0.39 is 0 Å². The van der Waals surface area contributed by atoms with Crippen molar-refractivity contribution in [1.82, 2.24) is 0 Å². The predicted molar refractivity (Wildman–Crippen MR) is 77.6 cm³/mol. The van der Waals surface area contributed by atoms with Crippen LogP contribution in [-0.2, 0) is 11.2 Å². The van der Waals surface area contributed by atoms with Crippen LogP contribution in [0, 0.1) is 6.92 Å². The summed E-state index contributed by atoms with van der Waals surface area (Å²) in [5.41, 5.74) is 8.60. The Kier molecular flexibility index (Phi) is 4.48. The summed E-state index contributed by atoms with van der Waals surface area (Å²) in [6, 6.07) is 6.33. The lowest BCUT2D eigenvalue weighted by molar-refractivity contribution is 0.0308. The fourth-order valence-corrected chi connectivity index (χ4v) is 2.39. The van der Waals surface area contributed by atoms with E-state index in [4.69, 9.17) is 15.2 Å². The van der Waals surface area contributed by atoms with Crippen LogP contribution >= 0.6 is 0 Å².